The van der Waals surface area contributed by atoms with Crippen molar-refractivity contribution in [3.05, 3.63) is 11.6 Å². The maximum absolute atomic E-state index is 5.53. The molecule has 2 aliphatic rings. The van der Waals surface area contributed by atoms with Gasteiger partial charge in [0.15, 0.2) is 11.6 Å². The Labute approximate surface area is 119 Å². The van der Waals surface area contributed by atoms with Gasteiger partial charge in [0, 0.05) is 32.3 Å². The van der Waals surface area contributed by atoms with Crippen molar-refractivity contribution in [2.24, 2.45) is 0 Å². The van der Waals surface area contributed by atoms with Crippen LogP contribution in [0.15, 0.2) is 0 Å². The van der Waals surface area contributed by atoms with Crippen LogP contribution in [-0.2, 0) is 20.8 Å². The number of hydrogen-bond acceptors (Lipinski definition) is 5. The van der Waals surface area contributed by atoms with Crippen LogP contribution in [0.5, 0.6) is 0 Å². The summed E-state index contributed by atoms with van der Waals surface area (Å²) in [5.41, 5.74) is 0. The van der Waals surface area contributed by atoms with E-state index in [0.717, 1.165) is 57.3 Å². The second-order valence-electron chi connectivity index (χ2n) is 5.37. The van der Waals surface area contributed by atoms with E-state index < -0.39 is 0 Å². The number of nitrogens with zero attached hydrogens (tertiary/aromatic N) is 3. The fourth-order valence-electron chi connectivity index (χ4n) is 2.80. The first-order valence-electron chi connectivity index (χ1n) is 7.57. The highest BCUT2D eigenvalue weighted by Crippen LogP contribution is 2.27. The SMILES string of the molecule is CCOCc1nc(C2CCOCC2)nn1C1CCOC1. The molecular formula is C14H23N3O3. The highest BCUT2D eigenvalue weighted by atomic mass is 16.5. The third-order valence-electron chi connectivity index (χ3n) is 3.99. The fourth-order valence-corrected chi connectivity index (χ4v) is 2.80. The molecule has 0 aromatic carbocycles. The van der Waals surface area contributed by atoms with Gasteiger partial charge in [0.1, 0.15) is 6.61 Å². The Kier molecular flexibility index (Phi) is 4.65. The van der Waals surface area contributed by atoms with Gasteiger partial charge in [-0.15, -0.1) is 0 Å². The summed E-state index contributed by atoms with van der Waals surface area (Å²) < 4.78 is 18.5. The van der Waals surface area contributed by atoms with Crippen molar-refractivity contribution in [1.29, 1.82) is 0 Å². The molecule has 3 heterocycles. The summed E-state index contributed by atoms with van der Waals surface area (Å²) >= 11 is 0. The predicted molar refractivity (Wildman–Crippen MR) is 72.6 cm³/mol. The van der Waals surface area contributed by atoms with Crippen LogP contribution >= 0.6 is 0 Å². The molecule has 6 heteroatoms. The third kappa shape index (κ3) is 3.02. The van der Waals surface area contributed by atoms with Gasteiger partial charge in [0.2, 0.25) is 0 Å². The molecule has 0 spiro atoms. The van der Waals surface area contributed by atoms with Gasteiger partial charge in [-0.2, -0.15) is 5.10 Å². The highest BCUT2D eigenvalue weighted by molar-refractivity contribution is 5.01. The van der Waals surface area contributed by atoms with Gasteiger partial charge in [-0.25, -0.2) is 9.67 Å². The predicted octanol–water partition coefficient (Wildman–Crippen LogP) is 1.67. The molecule has 0 N–H and O–H groups in total. The summed E-state index contributed by atoms with van der Waals surface area (Å²) in [7, 11) is 0. The molecule has 1 atom stereocenters. The summed E-state index contributed by atoms with van der Waals surface area (Å²) in [4.78, 5) is 4.73. The monoisotopic (exact) mass is 281 g/mol. The van der Waals surface area contributed by atoms with E-state index in [1.54, 1.807) is 0 Å². The Balaban J connectivity index is 1.79. The maximum Gasteiger partial charge on any atom is 0.154 e. The van der Waals surface area contributed by atoms with E-state index in [1.165, 1.54) is 0 Å². The van der Waals surface area contributed by atoms with Crippen molar-refractivity contribution in [2.75, 3.05) is 33.0 Å². The van der Waals surface area contributed by atoms with Crippen LogP contribution < -0.4 is 0 Å². The van der Waals surface area contributed by atoms with E-state index in [0.29, 0.717) is 25.2 Å². The highest BCUT2D eigenvalue weighted by Gasteiger charge is 2.26. The Morgan fingerprint density at radius 1 is 1.20 bits per heavy atom. The molecule has 112 valence electrons. The quantitative estimate of drug-likeness (QED) is 0.821. The second-order valence-corrected chi connectivity index (χ2v) is 5.37. The maximum atomic E-state index is 5.53. The zero-order valence-electron chi connectivity index (χ0n) is 12.1. The molecule has 0 amide bonds. The van der Waals surface area contributed by atoms with Crippen molar-refractivity contribution in [3.63, 3.8) is 0 Å². The molecule has 1 aromatic rings. The van der Waals surface area contributed by atoms with Gasteiger partial charge in [-0.3, -0.25) is 0 Å². The van der Waals surface area contributed by atoms with E-state index in [2.05, 4.69) is 0 Å². The molecule has 2 aliphatic heterocycles. The smallest absolute Gasteiger partial charge is 0.154 e. The van der Waals surface area contributed by atoms with Crippen LogP contribution in [-0.4, -0.2) is 47.8 Å². The van der Waals surface area contributed by atoms with Crippen LogP contribution in [0.3, 0.4) is 0 Å². The van der Waals surface area contributed by atoms with Crippen molar-refractivity contribution < 1.29 is 14.2 Å². The molecule has 3 rings (SSSR count). The lowest BCUT2D eigenvalue weighted by Crippen LogP contribution is -2.17. The third-order valence-corrected chi connectivity index (χ3v) is 3.99. The number of rotatable bonds is 5. The topological polar surface area (TPSA) is 58.4 Å². The molecule has 0 saturated carbocycles. The molecule has 20 heavy (non-hydrogen) atoms. The zero-order chi connectivity index (χ0) is 13.8. The Morgan fingerprint density at radius 3 is 2.70 bits per heavy atom. The fraction of sp³-hybridized carbons (Fsp3) is 0.857. The summed E-state index contributed by atoms with van der Waals surface area (Å²) in [5.74, 6) is 2.31. The molecule has 2 saturated heterocycles. The van der Waals surface area contributed by atoms with Crippen molar-refractivity contribution in [3.8, 4) is 0 Å². The van der Waals surface area contributed by atoms with E-state index in [1.807, 2.05) is 11.6 Å². The van der Waals surface area contributed by atoms with Gasteiger partial charge in [-0.05, 0) is 26.2 Å². The van der Waals surface area contributed by atoms with Crippen LogP contribution in [0.4, 0.5) is 0 Å². The van der Waals surface area contributed by atoms with E-state index >= 15 is 0 Å². The van der Waals surface area contributed by atoms with Crippen molar-refractivity contribution >= 4 is 0 Å². The molecule has 2 fully saturated rings. The minimum Gasteiger partial charge on any atom is -0.381 e. The Morgan fingerprint density at radius 2 is 2.00 bits per heavy atom. The molecule has 0 bridgehead atoms. The summed E-state index contributed by atoms with van der Waals surface area (Å²) in [6.07, 6.45) is 3.04. The van der Waals surface area contributed by atoms with Crippen LogP contribution in [0.25, 0.3) is 0 Å². The van der Waals surface area contributed by atoms with Gasteiger partial charge >= 0.3 is 0 Å². The molecule has 0 aliphatic carbocycles. The summed E-state index contributed by atoms with van der Waals surface area (Å²) in [6, 6.07) is 0.312. The molecule has 0 radical (unpaired) electrons. The first-order chi connectivity index (χ1) is 9.88. The lowest BCUT2D eigenvalue weighted by Gasteiger charge is -2.19. The van der Waals surface area contributed by atoms with Gasteiger partial charge in [0.25, 0.3) is 0 Å². The van der Waals surface area contributed by atoms with Crippen LogP contribution in [0, 0.1) is 0 Å². The normalized spacial score (nSPS) is 24.4. The zero-order valence-corrected chi connectivity index (χ0v) is 12.1. The first kappa shape index (κ1) is 14.0. The Bertz CT molecular complexity index is 423. The van der Waals surface area contributed by atoms with Crippen LogP contribution in [0.1, 0.15) is 49.8 Å². The summed E-state index contributed by atoms with van der Waals surface area (Å²) in [5, 5.41) is 4.76. The number of hydrogen-bond donors (Lipinski definition) is 0. The minimum absolute atomic E-state index is 0.312. The standard InChI is InChI=1S/C14H23N3O3/c1-2-18-10-13-15-14(11-3-6-19-7-4-11)16-17(13)12-5-8-20-9-12/h11-12H,2-10H2,1H3. The molecule has 1 aromatic heterocycles. The molecule has 1 unspecified atom stereocenters. The summed E-state index contributed by atoms with van der Waals surface area (Å²) in [6.45, 7) is 6.39. The lowest BCUT2D eigenvalue weighted by molar-refractivity contribution is 0.0834. The van der Waals surface area contributed by atoms with Crippen molar-refractivity contribution in [2.45, 2.75) is 44.8 Å². The Hall–Kier alpha value is -0.980. The van der Waals surface area contributed by atoms with Gasteiger partial charge in [0.05, 0.1) is 12.6 Å². The van der Waals surface area contributed by atoms with Crippen LogP contribution in [0.2, 0.25) is 0 Å². The van der Waals surface area contributed by atoms with E-state index in [9.17, 15) is 0 Å². The van der Waals surface area contributed by atoms with Gasteiger partial charge < -0.3 is 14.2 Å². The van der Waals surface area contributed by atoms with E-state index in [-0.39, 0.29) is 0 Å². The average Bonchev–Trinajstić information content (AvgIpc) is 3.15. The largest absolute Gasteiger partial charge is 0.381 e. The lowest BCUT2D eigenvalue weighted by atomic mass is 10.00. The number of aromatic nitrogens is 3. The first-order valence-corrected chi connectivity index (χ1v) is 7.57. The minimum atomic E-state index is 0.312. The van der Waals surface area contributed by atoms with Gasteiger partial charge in [-0.1, -0.05) is 0 Å². The number of ether oxygens (including phenoxy) is 3. The molecule has 6 nitrogen and oxygen atoms in total. The molecular weight excluding hydrogens is 258 g/mol. The average molecular weight is 281 g/mol. The second kappa shape index (κ2) is 6.65. The van der Waals surface area contributed by atoms with E-state index in [4.69, 9.17) is 24.3 Å². The van der Waals surface area contributed by atoms with Crippen molar-refractivity contribution in [1.82, 2.24) is 14.8 Å².